The first-order valence-corrected chi connectivity index (χ1v) is 5.96. The molecule has 1 unspecified atom stereocenters. The average Bonchev–Trinajstić information content (AvgIpc) is 3.28. The molecule has 0 aliphatic carbocycles. The molecule has 0 aromatic heterocycles. The molecule has 0 spiro atoms. The van der Waals surface area contributed by atoms with Crippen LogP contribution in [-0.2, 0) is 0 Å². The van der Waals surface area contributed by atoms with E-state index in [2.05, 4.69) is 60.7 Å². The van der Waals surface area contributed by atoms with Crippen molar-refractivity contribution in [3.05, 3.63) is 60.7 Å². The molecule has 3 aromatic rings. The van der Waals surface area contributed by atoms with E-state index in [0.717, 1.165) is 4.48 Å². The standard InChI is InChI=1S/C16H10N/c1-2-7-12(8-3-1)17-14-10-11-6-4-5-9-13(11)15(17)16(14)17/h1-10H/q+1. The van der Waals surface area contributed by atoms with E-state index in [1.54, 1.807) is 0 Å². The first-order valence-electron chi connectivity index (χ1n) is 5.96. The summed E-state index contributed by atoms with van der Waals surface area (Å²) < 4.78 is 0.970. The Morgan fingerprint density at radius 3 is 2.35 bits per heavy atom. The second-order valence-electron chi connectivity index (χ2n) is 4.82. The number of fused-ring (bicyclic) bond motifs is 4. The minimum Gasteiger partial charge on any atom is -0.173 e. The number of nitrogens with zero attached hydrogens (tertiary/aromatic N) is 1. The van der Waals surface area contributed by atoms with Crippen molar-refractivity contribution in [2.45, 2.75) is 0 Å². The zero-order valence-electron chi connectivity index (χ0n) is 9.22. The van der Waals surface area contributed by atoms with Crippen molar-refractivity contribution >= 4 is 33.5 Å². The number of hydrogen-bond donors (Lipinski definition) is 0. The smallest absolute Gasteiger partial charge is 0.173 e. The molecule has 1 atom stereocenters. The van der Waals surface area contributed by atoms with E-state index >= 15 is 0 Å². The molecule has 2 aliphatic rings. The van der Waals surface area contributed by atoms with E-state index in [9.17, 15) is 0 Å². The summed E-state index contributed by atoms with van der Waals surface area (Å²) in [4.78, 5) is 0. The molecule has 1 heteroatoms. The second kappa shape index (κ2) is 2.27. The highest BCUT2D eigenvalue weighted by molar-refractivity contribution is 6.32. The van der Waals surface area contributed by atoms with Gasteiger partial charge in [0.15, 0.2) is 0 Å². The molecule has 0 fully saturated rings. The Bertz CT molecular complexity index is 782. The zero-order chi connectivity index (χ0) is 11.0. The SMILES string of the molecule is C1=C2C3=C(c4ccccc41)[N+]23c1ccccc1. The molecule has 2 aliphatic heterocycles. The van der Waals surface area contributed by atoms with Crippen LogP contribution in [0.2, 0.25) is 0 Å². The third-order valence-corrected chi connectivity index (χ3v) is 4.05. The van der Waals surface area contributed by atoms with E-state index < -0.39 is 0 Å². The molecule has 17 heavy (non-hydrogen) atoms. The van der Waals surface area contributed by atoms with Gasteiger partial charge in [-0.05, 0) is 11.5 Å². The van der Waals surface area contributed by atoms with Gasteiger partial charge in [0.1, 0.15) is 5.69 Å². The van der Waals surface area contributed by atoms with Gasteiger partial charge < -0.3 is 0 Å². The van der Waals surface area contributed by atoms with Gasteiger partial charge in [-0.1, -0.05) is 36.4 Å². The number of rotatable bonds is 1. The molecule has 0 saturated heterocycles. The first kappa shape index (κ1) is 8.04. The predicted octanol–water partition coefficient (Wildman–Crippen LogP) is 4.77. The van der Waals surface area contributed by atoms with Crippen LogP contribution in [0.4, 0.5) is 22.7 Å². The Balaban J connectivity index is 1.82. The van der Waals surface area contributed by atoms with Gasteiger partial charge >= 0.3 is 0 Å². The molecule has 5 rings (SSSR count). The minimum absolute atomic E-state index is 0.970. The molecule has 0 radical (unpaired) electrons. The molecule has 78 valence electrons. The predicted molar refractivity (Wildman–Crippen MR) is 71.2 cm³/mol. The third-order valence-electron chi connectivity index (χ3n) is 4.05. The molecule has 0 amide bonds. The summed E-state index contributed by atoms with van der Waals surface area (Å²) in [7, 11) is 0. The lowest BCUT2D eigenvalue weighted by atomic mass is 10.1. The lowest BCUT2D eigenvalue weighted by Gasteiger charge is -2.08. The van der Waals surface area contributed by atoms with Gasteiger partial charge in [-0.15, -0.1) is 0 Å². The summed E-state index contributed by atoms with van der Waals surface area (Å²) >= 11 is 0. The van der Waals surface area contributed by atoms with Crippen LogP contribution in [0.25, 0.3) is 10.8 Å². The summed E-state index contributed by atoms with van der Waals surface area (Å²) in [5, 5.41) is 2.80. The van der Waals surface area contributed by atoms with Crippen LogP contribution in [0.3, 0.4) is 0 Å². The summed E-state index contributed by atoms with van der Waals surface area (Å²) in [5.74, 6) is 0. The monoisotopic (exact) mass is 216 g/mol. The Labute approximate surface area is 99.1 Å². The quantitative estimate of drug-likeness (QED) is 0.280. The average molecular weight is 216 g/mol. The fourth-order valence-electron chi connectivity index (χ4n) is 3.21. The molecule has 1 nitrogen and oxygen atoms in total. The Hall–Kier alpha value is -2.12. The molecule has 0 bridgehead atoms. The highest BCUT2D eigenvalue weighted by atomic mass is 15.6. The summed E-state index contributed by atoms with van der Waals surface area (Å²) in [5.41, 5.74) is 5.93. The second-order valence-corrected chi connectivity index (χ2v) is 4.82. The van der Waals surface area contributed by atoms with Crippen LogP contribution in [0.1, 0.15) is 0 Å². The van der Waals surface area contributed by atoms with Crippen LogP contribution >= 0.6 is 0 Å². The normalized spacial score (nSPS) is 22.4. The summed E-state index contributed by atoms with van der Waals surface area (Å²) in [6.07, 6.45) is 0. The van der Waals surface area contributed by atoms with E-state index in [1.807, 2.05) is 0 Å². The van der Waals surface area contributed by atoms with Crippen molar-refractivity contribution in [1.29, 1.82) is 0 Å². The number of para-hydroxylation sites is 1. The molecular formula is C16H10N+. The molecule has 0 saturated carbocycles. The first-order chi connectivity index (χ1) is 8.44. The maximum Gasteiger partial charge on any atom is 0.274 e. The Morgan fingerprint density at radius 1 is 0.706 bits per heavy atom. The van der Waals surface area contributed by atoms with E-state index in [1.165, 1.54) is 33.5 Å². The topological polar surface area (TPSA) is 0 Å². The molecule has 0 N–H and O–H groups in total. The van der Waals surface area contributed by atoms with E-state index in [-0.39, 0.29) is 0 Å². The maximum atomic E-state index is 2.34. The van der Waals surface area contributed by atoms with Gasteiger partial charge in [0.2, 0.25) is 11.4 Å². The lowest BCUT2D eigenvalue weighted by Crippen LogP contribution is -2.05. The van der Waals surface area contributed by atoms with Crippen molar-refractivity contribution < 1.29 is 0 Å². The van der Waals surface area contributed by atoms with Crippen LogP contribution < -0.4 is 4.48 Å². The molecule has 2 heterocycles. The van der Waals surface area contributed by atoms with Crippen molar-refractivity contribution in [3.8, 4) is 0 Å². The summed E-state index contributed by atoms with van der Waals surface area (Å²) in [6, 6.07) is 21.8. The van der Waals surface area contributed by atoms with Crippen molar-refractivity contribution in [2.24, 2.45) is 0 Å². The van der Waals surface area contributed by atoms with Crippen LogP contribution in [0, 0.1) is 0 Å². The van der Waals surface area contributed by atoms with Crippen LogP contribution in [0.15, 0.2) is 60.7 Å². The minimum atomic E-state index is 0.970. The van der Waals surface area contributed by atoms with Crippen LogP contribution in [-0.4, -0.2) is 0 Å². The zero-order valence-corrected chi connectivity index (χ0v) is 9.22. The van der Waals surface area contributed by atoms with Gasteiger partial charge in [0.25, 0.3) is 5.69 Å². The Morgan fingerprint density at radius 2 is 1.47 bits per heavy atom. The van der Waals surface area contributed by atoms with E-state index in [0.29, 0.717) is 0 Å². The fourth-order valence-corrected chi connectivity index (χ4v) is 3.21. The van der Waals surface area contributed by atoms with Gasteiger partial charge in [-0.2, -0.15) is 4.48 Å². The number of benzene rings is 3. The number of quaternary nitrogens is 1. The van der Waals surface area contributed by atoms with Gasteiger partial charge in [-0.3, -0.25) is 0 Å². The molecule has 3 aromatic carbocycles. The van der Waals surface area contributed by atoms with Crippen molar-refractivity contribution in [1.82, 2.24) is 4.48 Å². The van der Waals surface area contributed by atoms with Crippen LogP contribution in [0.5, 0.6) is 0 Å². The van der Waals surface area contributed by atoms with Gasteiger partial charge in [-0.25, -0.2) is 0 Å². The largest absolute Gasteiger partial charge is 0.274 e. The highest BCUT2D eigenvalue weighted by Gasteiger charge is 2.78. The fraction of sp³-hybridized carbons (Fsp3) is 0. The van der Waals surface area contributed by atoms with Crippen molar-refractivity contribution in [3.63, 3.8) is 0 Å². The highest BCUT2D eigenvalue weighted by Crippen LogP contribution is 2.87. The van der Waals surface area contributed by atoms with Crippen molar-refractivity contribution in [2.75, 3.05) is 0 Å². The third kappa shape index (κ3) is 0.701. The molecular weight excluding hydrogens is 206 g/mol. The Kier molecular flexibility index (Phi) is 1.07. The number of hydrogen-bond acceptors (Lipinski definition) is 0. The van der Waals surface area contributed by atoms with Gasteiger partial charge in [0.05, 0.1) is 5.39 Å². The summed E-state index contributed by atoms with van der Waals surface area (Å²) in [6.45, 7) is 0. The lowest BCUT2D eigenvalue weighted by molar-refractivity contribution is 0.952. The maximum absolute atomic E-state index is 2.34. The van der Waals surface area contributed by atoms with E-state index in [4.69, 9.17) is 0 Å². The van der Waals surface area contributed by atoms with Gasteiger partial charge in [0, 0.05) is 18.2 Å².